The molecule has 0 aliphatic carbocycles. The number of rotatable bonds is 3. The fourth-order valence-corrected chi connectivity index (χ4v) is 4.25. The zero-order chi connectivity index (χ0) is 20.0. The number of aryl methyl sites for hydroxylation is 1. The molecule has 0 radical (unpaired) electrons. The third kappa shape index (κ3) is 2.74. The summed E-state index contributed by atoms with van der Waals surface area (Å²) in [4.78, 5) is 34.2. The molecule has 3 aromatic carbocycles. The van der Waals surface area contributed by atoms with Gasteiger partial charge in [-0.25, -0.2) is 9.96 Å². The van der Waals surface area contributed by atoms with E-state index < -0.39 is 12.0 Å². The van der Waals surface area contributed by atoms with Gasteiger partial charge in [0, 0.05) is 0 Å². The number of carbonyl (C=O) groups excluding carboxylic acids is 2. The quantitative estimate of drug-likeness (QED) is 0.640. The molecule has 0 unspecified atom stereocenters. The highest BCUT2D eigenvalue weighted by Crippen LogP contribution is 2.47. The minimum atomic E-state index is -0.840. The maximum Gasteiger partial charge on any atom is 0.266 e. The molecule has 29 heavy (non-hydrogen) atoms. The normalized spacial score (nSPS) is 23.6. The van der Waals surface area contributed by atoms with Crippen molar-refractivity contribution in [2.45, 2.75) is 19.1 Å². The van der Waals surface area contributed by atoms with E-state index in [1.807, 2.05) is 85.8 Å². The van der Waals surface area contributed by atoms with Crippen molar-refractivity contribution in [2.24, 2.45) is 5.92 Å². The Kier molecular flexibility index (Phi) is 4.18. The van der Waals surface area contributed by atoms with Crippen LogP contribution < -0.4 is 9.96 Å². The van der Waals surface area contributed by atoms with Crippen molar-refractivity contribution in [3.8, 4) is 0 Å². The molecule has 2 fully saturated rings. The van der Waals surface area contributed by atoms with Gasteiger partial charge in [0.05, 0.1) is 17.4 Å². The van der Waals surface area contributed by atoms with Crippen LogP contribution in [0.4, 0.5) is 11.4 Å². The molecule has 144 valence electrons. The average Bonchev–Trinajstić information content (AvgIpc) is 3.26. The number of imide groups is 1. The van der Waals surface area contributed by atoms with Crippen LogP contribution in [0.2, 0.25) is 0 Å². The summed E-state index contributed by atoms with van der Waals surface area (Å²) in [5, 5.41) is 1.72. The van der Waals surface area contributed by atoms with E-state index in [2.05, 4.69) is 0 Å². The third-order valence-corrected chi connectivity index (χ3v) is 5.62. The largest absolute Gasteiger partial charge is 0.273 e. The van der Waals surface area contributed by atoms with E-state index in [-0.39, 0.29) is 17.9 Å². The van der Waals surface area contributed by atoms with Crippen LogP contribution in [-0.4, -0.2) is 17.9 Å². The number of amides is 2. The Bertz CT molecular complexity index is 1070. The summed E-state index contributed by atoms with van der Waals surface area (Å²) in [6.45, 7) is 1.90. The van der Waals surface area contributed by atoms with Crippen molar-refractivity contribution < 1.29 is 14.4 Å². The predicted molar refractivity (Wildman–Crippen MR) is 110 cm³/mol. The molecule has 5 nitrogen and oxygen atoms in total. The molecule has 2 aliphatic rings. The maximum absolute atomic E-state index is 13.5. The van der Waals surface area contributed by atoms with Gasteiger partial charge in [0.15, 0.2) is 6.10 Å². The van der Waals surface area contributed by atoms with Gasteiger partial charge in [0.25, 0.3) is 5.91 Å². The number of fused-ring (bicyclic) bond motifs is 1. The molecule has 2 saturated heterocycles. The molecule has 5 rings (SSSR count). The van der Waals surface area contributed by atoms with Crippen molar-refractivity contribution in [3.05, 3.63) is 96.1 Å². The molecule has 3 atom stereocenters. The molecule has 0 aromatic heterocycles. The summed E-state index contributed by atoms with van der Waals surface area (Å²) in [5.41, 5.74) is 3.26. The Hall–Kier alpha value is -3.44. The minimum absolute atomic E-state index is 0.221. The molecular formula is C24H20N2O3. The van der Waals surface area contributed by atoms with E-state index in [4.69, 9.17) is 4.84 Å². The summed E-state index contributed by atoms with van der Waals surface area (Å²) in [7, 11) is 0. The highest BCUT2D eigenvalue weighted by molar-refractivity contribution is 6.24. The summed E-state index contributed by atoms with van der Waals surface area (Å²) in [5.74, 6) is -1.14. The fraction of sp³-hybridized carbons (Fsp3) is 0.167. The number of benzene rings is 3. The summed E-state index contributed by atoms with van der Waals surface area (Å²) in [6, 6.07) is 26.4. The molecule has 5 heteroatoms. The van der Waals surface area contributed by atoms with E-state index in [0.717, 1.165) is 16.8 Å². The van der Waals surface area contributed by atoms with Crippen molar-refractivity contribution in [2.75, 3.05) is 9.96 Å². The zero-order valence-electron chi connectivity index (χ0n) is 15.9. The lowest BCUT2D eigenvalue weighted by Crippen LogP contribution is -2.37. The molecular weight excluding hydrogens is 364 g/mol. The summed E-state index contributed by atoms with van der Waals surface area (Å²) in [6.07, 6.45) is -0.840. The van der Waals surface area contributed by atoms with Gasteiger partial charge >= 0.3 is 0 Å². The Balaban J connectivity index is 1.60. The Morgan fingerprint density at radius 3 is 2.07 bits per heavy atom. The standard InChI is InChI=1S/C24H20N2O3/c1-16-10-8-9-15-19(16)25-23(27)20-21(17-11-4-2-5-12-17)26(29-22(20)24(25)28)18-13-6-3-7-14-18/h2-15,20-22H,1H3/t20-,21+,22-/m0/s1. The molecule has 3 aromatic rings. The van der Waals surface area contributed by atoms with Crippen LogP contribution in [0.25, 0.3) is 0 Å². The number of para-hydroxylation sites is 2. The monoisotopic (exact) mass is 384 g/mol. The van der Waals surface area contributed by atoms with Crippen molar-refractivity contribution >= 4 is 23.2 Å². The van der Waals surface area contributed by atoms with Gasteiger partial charge in [0.1, 0.15) is 5.92 Å². The van der Waals surface area contributed by atoms with Gasteiger partial charge in [-0.3, -0.25) is 14.4 Å². The predicted octanol–water partition coefficient (Wildman–Crippen LogP) is 4.05. The summed E-state index contributed by atoms with van der Waals surface area (Å²) < 4.78 is 0. The van der Waals surface area contributed by atoms with Crippen LogP contribution in [-0.2, 0) is 14.4 Å². The van der Waals surface area contributed by atoms with Gasteiger partial charge in [-0.2, -0.15) is 0 Å². The van der Waals surface area contributed by atoms with Crippen molar-refractivity contribution in [1.82, 2.24) is 0 Å². The fourth-order valence-electron chi connectivity index (χ4n) is 4.25. The average molecular weight is 384 g/mol. The van der Waals surface area contributed by atoms with Gasteiger partial charge in [-0.15, -0.1) is 0 Å². The van der Waals surface area contributed by atoms with Crippen LogP contribution in [0.15, 0.2) is 84.9 Å². The second-order valence-electron chi connectivity index (χ2n) is 7.37. The number of carbonyl (C=O) groups is 2. The van der Waals surface area contributed by atoms with Crippen LogP contribution in [0.3, 0.4) is 0 Å². The first-order valence-corrected chi connectivity index (χ1v) is 9.66. The molecule has 0 N–H and O–H groups in total. The highest BCUT2D eigenvalue weighted by atomic mass is 16.7. The Morgan fingerprint density at radius 2 is 1.38 bits per heavy atom. The Morgan fingerprint density at radius 1 is 0.759 bits per heavy atom. The second-order valence-corrected chi connectivity index (χ2v) is 7.37. The van der Waals surface area contributed by atoms with E-state index >= 15 is 0 Å². The smallest absolute Gasteiger partial charge is 0.266 e. The van der Waals surface area contributed by atoms with Crippen LogP contribution >= 0.6 is 0 Å². The van der Waals surface area contributed by atoms with E-state index in [0.29, 0.717) is 5.69 Å². The van der Waals surface area contributed by atoms with Gasteiger partial charge in [-0.1, -0.05) is 66.7 Å². The second kappa shape index (κ2) is 6.87. The third-order valence-electron chi connectivity index (χ3n) is 5.62. The van der Waals surface area contributed by atoms with Gasteiger partial charge in [0.2, 0.25) is 5.91 Å². The molecule has 0 saturated carbocycles. The minimum Gasteiger partial charge on any atom is -0.273 e. The number of nitrogens with zero attached hydrogens (tertiary/aromatic N) is 2. The van der Waals surface area contributed by atoms with Gasteiger partial charge < -0.3 is 0 Å². The first-order valence-electron chi connectivity index (χ1n) is 9.66. The van der Waals surface area contributed by atoms with Crippen LogP contribution in [0.1, 0.15) is 17.2 Å². The van der Waals surface area contributed by atoms with E-state index in [1.165, 1.54) is 4.90 Å². The lowest BCUT2D eigenvalue weighted by molar-refractivity contribution is -0.126. The van der Waals surface area contributed by atoms with Crippen molar-refractivity contribution in [3.63, 3.8) is 0 Å². The Labute approximate surface area is 169 Å². The van der Waals surface area contributed by atoms with Crippen molar-refractivity contribution in [1.29, 1.82) is 0 Å². The van der Waals surface area contributed by atoms with Crippen LogP contribution in [0, 0.1) is 12.8 Å². The SMILES string of the molecule is Cc1ccccc1N1C(=O)[C@@H]2[C@H](ON(c3ccccc3)[C@@H]2c2ccccc2)C1=O. The maximum atomic E-state index is 13.5. The lowest BCUT2D eigenvalue weighted by Gasteiger charge is -2.29. The molecule has 2 aliphatic heterocycles. The molecule has 2 heterocycles. The lowest BCUT2D eigenvalue weighted by atomic mass is 9.90. The highest BCUT2D eigenvalue weighted by Gasteiger charge is 2.60. The van der Waals surface area contributed by atoms with E-state index in [1.54, 1.807) is 11.1 Å². The number of hydrogen-bond donors (Lipinski definition) is 0. The first kappa shape index (κ1) is 17.6. The summed E-state index contributed by atoms with van der Waals surface area (Å²) >= 11 is 0. The van der Waals surface area contributed by atoms with Gasteiger partial charge in [-0.05, 0) is 36.2 Å². The molecule has 0 spiro atoms. The first-order chi connectivity index (χ1) is 14.2. The van der Waals surface area contributed by atoms with E-state index in [9.17, 15) is 9.59 Å². The number of anilines is 2. The van der Waals surface area contributed by atoms with Crippen LogP contribution in [0.5, 0.6) is 0 Å². The topological polar surface area (TPSA) is 49.9 Å². The molecule has 2 amide bonds. The number of hydrogen-bond acceptors (Lipinski definition) is 4. The zero-order valence-corrected chi connectivity index (χ0v) is 15.9. The number of hydroxylamine groups is 1. The molecule has 0 bridgehead atoms.